The summed E-state index contributed by atoms with van der Waals surface area (Å²) in [7, 11) is 2.03. The minimum Gasteiger partial charge on any atom is -0.350 e. The van der Waals surface area contributed by atoms with E-state index in [0.29, 0.717) is 5.92 Å². The standard InChI is InChI=1S/C11H16N2/c1-5-8(2)11-6-10(7-12)9(3)13(11)4/h6,8H,5H2,1-4H3. The summed E-state index contributed by atoms with van der Waals surface area (Å²) in [6, 6.07) is 4.22. The normalized spacial score (nSPS) is 12.5. The van der Waals surface area contributed by atoms with Crippen LogP contribution in [0.2, 0.25) is 0 Å². The lowest BCUT2D eigenvalue weighted by Crippen LogP contribution is -2.01. The Balaban J connectivity index is 3.18. The lowest BCUT2D eigenvalue weighted by atomic mass is 10.1. The Hall–Kier alpha value is -1.23. The summed E-state index contributed by atoms with van der Waals surface area (Å²) in [6.45, 7) is 6.35. The molecule has 70 valence electrons. The van der Waals surface area contributed by atoms with Crippen LogP contribution in [0.3, 0.4) is 0 Å². The van der Waals surface area contributed by atoms with Crippen molar-refractivity contribution in [3.8, 4) is 6.07 Å². The first-order valence-corrected chi connectivity index (χ1v) is 4.68. The fourth-order valence-corrected chi connectivity index (χ4v) is 1.52. The van der Waals surface area contributed by atoms with Crippen molar-refractivity contribution in [2.24, 2.45) is 7.05 Å². The minimum absolute atomic E-state index is 0.533. The second-order valence-corrected chi connectivity index (χ2v) is 3.55. The van der Waals surface area contributed by atoms with Crippen molar-refractivity contribution in [1.29, 1.82) is 5.26 Å². The first-order valence-electron chi connectivity index (χ1n) is 4.68. The molecule has 1 atom stereocenters. The third-order valence-corrected chi connectivity index (χ3v) is 2.81. The van der Waals surface area contributed by atoms with Gasteiger partial charge >= 0.3 is 0 Å². The zero-order chi connectivity index (χ0) is 10.0. The van der Waals surface area contributed by atoms with E-state index in [1.165, 1.54) is 5.69 Å². The van der Waals surface area contributed by atoms with Crippen molar-refractivity contribution in [3.63, 3.8) is 0 Å². The highest BCUT2D eigenvalue weighted by atomic mass is 15.0. The highest BCUT2D eigenvalue weighted by Gasteiger charge is 2.12. The summed E-state index contributed by atoms with van der Waals surface area (Å²) in [5.41, 5.74) is 3.13. The number of hydrogen-bond acceptors (Lipinski definition) is 1. The van der Waals surface area contributed by atoms with Gasteiger partial charge in [0.25, 0.3) is 0 Å². The molecule has 1 aromatic heterocycles. The van der Waals surface area contributed by atoms with Gasteiger partial charge in [-0.2, -0.15) is 5.26 Å². The zero-order valence-electron chi connectivity index (χ0n) is 8.76. The van der Waals surface area contributed by atoms with E-state index in [0.717, 1.165) is 17.7 Å². The van der Waals surface area contributed by atoms with Gasteiger partial charge in [0.2, 0.25) is 0 Å². The van der Waals surface area contributed by atoms with E-state index < -0.39 is 0 Å². The molecule has 0 spiro atoms. The van der Waals surface area contributed by atoms with E-state index in [-0.39, 0.29) is 0 Å². The molecule has 0 bridgehead atoms. The fraction of sp³-hybridized carbons (Fsp3) is 0.545. The van der Waals surface area contributed by atoms with Gasteiger partial charge in [-0.1, -0.05) is 13.8 Å². The first-order chi connectivity index (χ1) is 6.11. The van der Waals surface area contributed by atoms with Gasteiger partial charge in [0.1, 0.15) is 6.07 Å². The van der Waals surface area contributed by atoms with Gasteiger partial charge in [-0.05, 0) is 25.3 Å². The molecule has 0 amide bonds. The molecule has 0 aliphatic carbocycles. The molecule has 0 aliphatic heterocycles. The van der Waals surface area contributed by atoms with Crippen molar-refractivity contribution in [1.82, 2.24) is 4.57 Å². The van der Waals surface area contributed by atoms with Crippen LogP contribution in [0.5, 0.6) is 0 Å². The van der Waals surface area contributed by atoms with Crippen LogP contribution in [0.15, 0.2) is 6.07 Å². The number of aromatic nitrogens is 1. The topological polar surface area (TPSA) is 28.7 Å². The minimum atomic E-state index is 0.533. The number of hydrogen-bond donors (Lipinski definition) is 0. The monoisotopic (exact) mass is 176 g/mol. The summed E-state index contributed by atoms with van der Waals surface area (Å²) < 4.78 is 2.12. The van der Waals surface area contributed by atoms with E-state index in [1.54, 1.807) is 0 Å². The molecule has 0 N–H and O–H groups in total. The maximum absolute atomic E-state index is 8.85. The Morgan fingerprint density at radius 2 is 2.23 bits per heavy atom. The van der Waals surface area contributed by atoms with Crippen molar-refractivity contribution in [3.05, 3.63) is 23.0 Å². The molecular weight excluding hydrogens is 160 g/mol. The quantitative estimate of drug-likeness (QED) is 0.681. The maximum Gasteiger partial charge on any atom is 0.101 e. The SMILES string of the molecule is CCC(C)c1cc(C#N)c(C)n1C. The van der Waals surface area contributed by atoms with Gasteiger partial charge in [-0.25, -0.2) is 0 Å². The molecule has 0 aliphatic rings. The molecule has 1 heterocycles. The lowest BCUT2D eigenvalue weighted by Gasteiger charge is -2.10. The van der Waals surface area contributed by atoms with Gasteiger partial charge in [0.15, 0.2) is 0 Å². The first kappa shape index (κ1) is 9.85. The second kappa shape index (κ2) is 3.66. The number of rotatable bonds is 2. The average Bonchev–Trinajstić information content (AvgIpc) is 2.43. The van der Waals surface area contributed by atoms with Gasteiger partial charge < -0.3 is 4.57 Å². The highest BCUT2D eigenvalue weighted by Crippen LogP contribution is 2.23. The van der Waals surface area contributed by atoms with E-state index in [1.807, 2.05) is 20.0 Å². The van der Waals surface area contributed by atoms with Crippen LogP contribution in [0.1, 0.15) is 43.1 Å². The molecule has 2 heteroatoms. The fourth-order valence-electron chi connectivity index (χ4n) is 1.52. The summed E-state index contributed by atoms with van der Waals surface area (Å²) >= 11 is 0. The van der Waals surface area contributed by atoms with E-state index in [2.05, 4.69) is 24.5 Å². The van der Waals surface area contributed by atoms with Crippen LogP contribution in [0, 0.1) is 18.3 Å². The molecule has 0 saturated heterocycles. The van der Waals surface area contributed by atoms with E-state index in [9.17, 15) is 0 Å². The second-order valence-electron chi connectivity index (χ2n) is 3.55. The van der Waals surface area contributed by atoms with Crippen LogP contribution < -0.4 is 0 Å². The van der Waals surface area contributed by atoms with Crippen molar-refractivity contribution in [2.45, 2.75) is 33.1 Å². The van der Waals surface area contributed by atoms with Gasteiger partial charge in [-0.3, -0.25) is 0 Å². The third-order valence-electron chi connectivity index (χ3n) is 2.81. The Morgan fingerprint density at radius 1 is 1.62 bits per heavy atom. The maximum atomic E-state index is 8.85. The third kappa shape index (κ3) is 1.60. The van der Waals surface area contributed by atoms with Crippen LogP contribution in [0.4, 0.5) is 0 Å². The average molecular weight is 176 g/mol. The molecular formula is C11H16N2. The van der Waals surface area contributed by atoms with E-state index >= 15 is 0 Å². The molecule has 1 unspecified atom stereocenters. The number of nitriles is 1. The lowest BCUT2D eigenvalue weighted by molar-refractivity contribution is 0.659. The molecule has 0 saturated carbocycles. The van der Waals surface area contributed by atoms with Crippen molar-refractivity contribution in [2.75, 3.05) is 0 Å². The predicted octanol–water partition coefficient (Wildman–Crippen LogP) is 2.72. The zero-order valence-corrected chi connectivity index (χ0v) is 8.76. The van der Waals surface area contributed by atoms with Crippen LogP contribution >= 0.6 is 0 Å². The predicted molar refractivity (Wildman–Crippen MR) is 53.6 cm³/mol. The summed E-state index contributed by atoms with van der Waals surface area (Å²) in [5, 5.41) is 8.85. The summed E-state index contributed by atoms with van der Waals surface area (Å²) in [5.74, 6) is 0.533. The van der Waals surface area contributed by atoms with Crippen molar-refractivity contribution >= 4 is 0 Å². The molecule has 2 nitrogen and oxygen atoms in total. The Morgan fingerprint density at radius 3 is 2.62 bits per heavy atom. The molecule has 13 heavy (non-hydrogen) atoms. The number of nitrogens with zero attached hydrogens (tertiary/aromatic N) is 2. The largest absolute Gasteiger partial charge is 0.350 e. The molecule has 0 aromatic carbocycles. The van der Waals surface area contributed by atoms with Crippen molar-refractivity contribution < 1.29 is 0 Å². The van der Waals surface area contributed by atoms with Crippen LogP contribution in [-0.2, 0) is 7.05 Å². The van der Waals surface area contributed by atoms with Gasteiger partial charge in [0, 0.05) is 18.4 Å². The van der Waals surface area contributed by atoms with Gasteiger partial charge in [0.05, 0.1) is 5.56 Å². The molecule has 1 rings (SSSR count). The summed E-state index contributed by atoms with van der Waals surface area (Å²) in [4.78, 5) is 0. The Labute approximate surface area is 79.8 Å². The Kier molecular flexibility index (Phi) is 2.77. The molecule has 1 aromatic rings. The molecule has 0 fully saturated rings. The van der Waals surface area contributed by atoms with Crippen LogP contribution in [0.25, 0.3) is 0 Å². The highest BCUT2D eigenvalue weighted by molar-refractivity contribution is 5.38. The Bertz CT molecular complexity index is 342. The van der Waals surface area contributed by atoms with Gasteiger partial charge in [-0.15, -0.1) is 0 Å². The molecule has 0 radical (unpaired) electrons. The summed E-state index contributed by atoms with van der Waals surface area (Å²) in [6.07, 6.45) is 1.11. The van der Waals surface area contributed by atoms with Crippen LogP contribution in [-0.4, -0.2) is 4.57 Å². The smallest absolute Gasteiger partial charge is 0.101 e. The van der Waals surface area contributed by atoms with E-state index in [4.69, 9.17) is 5.26 Å².